The molecule has 0 aromatic heterocycles. The maximum absolute atomic E-state index is 13.0. The molecule has 6 heteroatoms. The van der Waals surface area contributed by atoms with Crippen LogP contribution < -0.4 is 10.5 Å². The van der Waals surface area contributed by atoms with Gasteiger partial charge in [-0.05, 0) is 80.8 Å². The van der Waals surface area contributed by atoms with Gasteiger partial charge >= 0.3 is 0 Å². The third kappa shape index (κ3) is 20.7. The molecule has 2 rings (SSSR count). The van der Waals surface area contributed by atoms with Gasteiger partial charge in [-0.2, -0.15) is 0 Å². The lowest BCUT2D eigenvalue weighted by atomic mass is 9.94. The molecule has 1 saturated carbocycles. The van der Waals surface area contributed by atoms with E-state index in [1.54, 1.807) is 24.3 Å². The first-order chi connectivity index (χ1) is 15.8. The zero-order valence-electron chi connectivity index (χ0n) is 21.6. The molecule has 1 fully saturated rings. The molecule has 0 radical (unpaired) electrons. The van der Waals surface area contributed by atoms with Gasteiger partial charge in [-0.15, -0.1) is 0 Å². The molecule has 1 unspecified atom stereocenters. The van der Waals surface area contributed by atoms with E-state index in [-0.39, 0.29) is 31.1 Å². The van der Waals surface area contributed by atoms with Crippen molar-refractivity contribution >= 4 is 0 Å². The molecule has 1 atom stereocenters. The number of unbranched alkanes of at least 4 members (excludes halogenated alkanes) is 2. The van der Waals surface area contributed by atoms with Gasteiger partial charge in [0.05, 0.1) is 6.26 Å². The molecule has 0 spiro atoms. The number of halogens is 2. The second-order valence-electron chi connectivity index (χ2n) is 8.14. The van der Waals surface area contributed by atoms with Crippen LogP contribution >= 0.6 is 0 Å². The SMILES string of the molecule is CC.CCCCC(F)(F)CC(C)CC.NCCCCO.Oc1ccc(OC=C2CCC2)cc1. The Labute approximate surface area is 201 Å². The summed E-state index contributed by atoms with van der Waals surface area (Å²) in [6.07, 6.45) is 9.68. The number of phenolic OH excluding ortho intramolecular Hbond substituents is 1. The maximum atomic E-state index is 13.0. The van der Waals surface area contributed by atoms with E-state index in [0.717, 1.165) is 44.3 Å². The van der Waals surface area contributed by atoms with Crippen molar-refractivity contribution in [2.45, 2.75) is 105 Å². The minimum Gasteiger partial charge on any atom is -0.508 e. The smallest absolute Gasteiger partial charge is 0.248 e. The second kappa shape index (κ2) is 22.1. The van der Waals surface area contributed by atoms with Crippen LogP contribution in [0.15, 0.2) is 36.1 Å². The molecule has 4 N–H and O–H groups in total. The summed E-state index contributed by atoms with van der Waals surface area (Å²) >= 11 is 0. The molecule has 1 aliphatic carbocycles. The third-order valence-electron chi connectivity index (χ3n) is 5.05. The highest BCUT2D eigenvalue weighted by atomic mass is 19.3. The summed E-state index contributed by atoms with van der Waals surface area (Å²) in [6.45, 7) is 10.8. The van der Waals surface area contributed by atoms with E-state index < -0.39 is 5.92 Å². The number of nitrogens with two attached hydrogens (primary N) is 1. The molecule has 1 aliphatic rings. The summed E-state index contributed by atoms with van der Waals surface area (Å²) in [5, 5.41) is 17.2. The molecule has 33 heavy (non-hydrogen) atoms. The number of hydrogen-bond acceptors (Lipinski definition) is 4. The van der Waals surface area contributed by atoms with E-state index in [1.807, 2.05) is 40.9 Å². The minimum atomic E-state index is -2.43. The molecule has 0 heterocycles. The Bertz CT molecular complexity index is 567. The summed E-state index contributed by atoms with van der Waals surface area (Å²) < 4.78 is 31.5. The van der Waals surface area contributed by atoms with Gasteiger partial charge in [-0.25, -0.2) is 8.78 Å². The lowest BCUT2D eigenvalue weighted by Gasteiger charge is -2.19. The lowest BCUT2D eigenvalue weighted by molar-refractivity contribution is -0.0310. The average Bonchev–Trinajstić information content (AvgIpc) is 2.78. The molecule has 0 amide bonds. The number of allylic oxidation sites excluding steroid dienone is 1. The van der Waals surface area contributed by atoms with Crippen molar-refractivity contribution in [1.82, 2.24) is 0 Å². The van der Waals surface area contributed by atoms with Crippen molar-refractivity contribution in [2.24, 2.45) is 11.7 Å². The highest BCUT2D eigenvalue weighted by Crippen LogP contribution is 2.30. The maximum Gasteiger partial charge on any atom is 0.248 e. The zero-order chi connectivity index (χ0) is 25.5. The Kier molecular flexibility index (Phi) is 22.5. The largest absolute Gasteiger partial charge is 0.508 e. The first kappa shape index (κ1) is 33.5. The van der Waals surface area contributed by atoms with Crippen molar-refractivity contribution in [1.29, 1.82) is 0 Å². The van der Waals surface area contributed by atoms with Gasteiger partial charge in [-0.1, -0.05) is 47.5 Å². The van der Waals surface area contributed by atoms with Crippen molar-refractivity contribution in [3.63, 3.8) is 0 Å². The number of hydrogen-bond donors (Lipinski definition) is 3. The van der Waals surface area contributed by atoms with Crippen LogP contribution in [0.25, 0.3) is 0 Å². The van der Waals surface area contributed by atoms with Gasteiger partial charge in [0.1, 0.15) is 11.5 Å². The lowest BCUT2D eigenvalue weighted by Crippen LogP contribution is -2.19. The molecule has 194 valence electrons. The van der Waals surface area contributed by atoms with Crippen molar-refractivity contribution < 1.29 is 23.7 Å². The third-order valence-corrected chi connectivity index (χ3v) is 5.05. The number of aliphatic hydroxyl groups is 1. The zero-order valence-corrected chi connectivity index (χ0v) is 21.6. The fraction of sp³-hybridized carbons (Fsp3) is 0.704. The van der Waals surface area contributed by atoms with Crippen LogP contribution in [0, 0.1) is 5.92 Å². The monoisotopic (exact) mass is 473 g/mol. The quantitative estimate of drug-likeness (QED) is 0.226. The molecule has 4 nitrogen and oxygen atoms in total. The van der Waals surface area contributed by atoms with Gasteiger partial charge in [0.2, 0.25) is 5.92 Å². The van der Waals surface area contributed by atoms with Crippen LogP contribution in [0.2, 0.25) is 0 Å². The van der Waals surface area contributed by atoms with Gasteiger partial charge in [0.15, 0.2) is 0 Å². The van der Waals surface area contributed by atoms with Crippen LogP contribution in [-0.2, 0) is 0 Å². The number of aromatic hydroxyl groups is 1. The summed E-state index contributed by atoms with van der Waals surface area (Å²) in [4.78, 5) is 0. The number of ether oxygens (including phenoxy) is 1. The Balaban J connectivity index is 0. The van der Waals surface area contributed by atoms with Crippen LogP contribution in [0.1, 0.15) is 98.8 Å². The van der Waals surface area contributed by atoms with Gasteiger partial charge < -0.3 is 20.7 Å². The summed E-state index contributed by atoms with van der Waals surface area (Å²) in [7, 11) is 0. The minimum absolute atomic E-state index is 0.0590. The molecule has 1 aromatic carbocycles. The summed E-state index contributed by atoms with van der Waals surface area (Å²) in [5.41, 5.74) is 6.47. The van der Waals surface area contributed by atoms with Crippen LogP contribution in [0.5, 0.6) is 11.5 Å². The van der Waals surface area contributed by atoms with Gasteiger partial charge in [-0.3, -0.25) is 0 Å². The summed E-state index contributed by atoms with van der Waals surface area (Å²) in [6, 6.07) is 6.75. The Morgan fingerprint density at radius 3 is 2.09 bits per heavy atom. The van der Waals surface area contributed by atoms with E-state index in [1.165, 1.54) is 12.0 Å². The number of rotatable bonds is 11. The molecule has 0 bridgehead atoms. The first-order valence-corrected chi connectivity index (χ1v) is 12.6. The number of aliphatic hydroxyl groups excluding tert-OH is 1. The van der Waals surface area contributed by atoms with Gasteiger partial charge in [0, 0.05) is 19.4 Å². The normalized spacial score (nSPS) is 13.1. The molecule has 0 aliphatic heterocycles. The number of alkyl halides is 2. The predicted molar refractivity (Wildman–Crippen MR) is 136 cm³/mol. The van der Waals surface area contributed by atoms with E-state index in [0.29, 0.717) is 13.0 Å². The van der Waals surface area contributed by atoms with Crippen LogP contribution in [0.4, 0.5) is 8.78 Å². The van der Waals surface area contributed by atoms with Crippen molar-refractivity contribution in [3.8, 4) is 11.5 Å². The highest BCUT2D eigenvalue weighted by Gasteiger charge is 2.29. The van der Waals surface area contributed by atoms with Gasteiger partial charge in [0.25, 0.3) is 0 Å². The van der Waals surface area contributed by atoms with E-state index in [2.05, 4.69) is 0 Å². The number of phenols is 1. The first-order valence-electron chi connectivity index (χ1n) is 12.6. The van der Waals surface area contributed by atoms with Crippen molar-refractivity contribution in [3.05, 3.63) is 36.1 Å². The van der Waals surface area contributed by atoms with Crippen molar-refractivity contribution in [2.75, 3.05) is 13.2 Å². The fourth-order valence-corrected chi connectivity index (χ4v) is 2.62. The highest BCUT2D eigenvalue weighted by molar-refractivity contribution is 5.30. The van der Waals surface area contributed by atoms with E-state index in [9.17, 15) is 8.78 Å². The number of benzene rings is 1. The average molecular weight is 474 g/mol. The molecule has 1 aromatic rings. The topological polar surface area (TPSA) is 75.7 Å². The fourth-order valence-electron chi connectivity index (χ4n) is 2.62. The Morgan fingerprint density at radius 2 is 1.70 bits per heavy atom. The Morgan fingerprint density at radius 1 is 1.09 bits per heavy atom. The van der Waals surface area contributed by atoms with Crippen LogP contribution in [0.3, 0.4) is 0 Å². The molecule has 0 saturated heterocycles. The second-order valence-corrected chi connectivity index (χ2v) is 8.14. The van der Waals surface area contributed by atoms with Crippen LogP contribution in [-0.4, -0.2) is 29.3 Å². The molecular formula is C27H49F2NO3. The predicted octanol–water partition coefficient (Wildman–Crippen LogP) is 7.83. The van der Waals surface area contributed by atoms with E-state index in [4.69, 9.17) is 20.7 Å². The molecular weight excluding hydrogens is 424 g/mol. The van der Waals surface area contributed by atoms with E-state index >= 15 is 0 Å². The standard InChI is InChI=1S/C11H12O2.C10H20F2.C4H11NO.C2H6/c12-10-4-6-11(7-5-10)13-8-9-2-1-3-9;1-4-6-7-10(11,12)8-9(3)5-2;5-3-1-2-4-6;1-2/h4-8,12H,1-3H2;9H,4-8H2,1-3H3;6H,1-5H2;1-2H3. The summed E-state index contributed by atoms with van der Waals surface area (Å²) in [5.74, 6) is -1.23. The Hall–Kier alpha value is -1.66.